The summed E-state index contributed by atoms with van der Waals surface area (Å²) < 4.78 is 0. The number of aromatic nitrogens is 2. The number of fused-ring (bicyclic) bond motifs is 1. The van der Waals surface area contributed by atoms with E-state index in [4.69, 9.17) is 0 Å². The van der Waals surface area contributed by atoms with Crippen molar-refractivity contribution < 1.29 is 19.2 Å². The Bertz CT molecular complexity index is 1920. The molecule has 0 aliphatic heterocycles. The number of pyridine rings is 2. The van der Waals surface area contributed by atoms with Crippen molar-refractivity contribution in [3.05, 3.63) is 82.9 Å². The van der Waals surface area contributed by atoms with Crippen molar-refractivity contribution in [3.8, 4) is 23.7 Å². The van der Waals surface area contributed by atoms with E-state index >= 15 is 0 Å². The largest absolute Gasteiger partial charge is 0.311 e. The van der Waals surface area contributed by atoms with Crippen LogP contribution < -0.4 is 21.3 Å². The Kier molecular flexibility index (Phi) is 19.0. The second kappa shape index (κ2) is 24.6. The van der Waals surface area contributed by atoms with Gasteiger partial charge in [0.15, 0.2) is 0 Å². The van der Waals surface area contributed by atoms with Gasteiger partial charge in [-0.1, -0.05) is 127 Å². The van der Waals surface area contributed by atoms with E-state index in [9.17, 15) is 19.2 Å². The van der Waals surface area contributed by atoms with E-state index in [2.05, 4.69) is 82.6 Å². The van der Waals surface area contributed by atoms with E-state index in [-0.39, 0.29) is 23.6 Å². The summed E-state index contributed by atoms with van der Waals surface area (Å²) in [7, 11) is 0. The lowest BCUT2D eigenvalue weighted by atomic mass is 9.99. The number of carbonyl (C=O) groups excluding carboxylic acids is 4. The van der Waals surface area contributed by atoms with Crippen LogP contribution in [-0.4, -0.2) is 33.6 Å². The fourth-order valence-electron chi connectivity index (χ4n) is 6.25. The maximum absolute atomic E-state index is 12.7. The minimum atomic E-state index is -0.138. The van der Waals surface area contributed by atoms with Crippen LogP contribution in [0.25, 0.3) is 10.8 Å². The summed E-state index contributed by atoms with van der Waals surface area (Å²) in [6.45, 7) is 8.36. The lowest BCUT2D eigenvalue weighted by molar-refractivity contribution is -0.117. The van der Waals surface area contributed by atoms with Crippen molar-refractivity contribution in [2.75, 3.05) is 21.3 Å². The lowest BCUT2D eigenvalue weighted by Crippen LogP contribution is -2.15. The topological polar surface area (TPSA) is 142 Å². The van der Waals surface area contributed by atoms with E-state index in [0.29, 0.717) is 60.1 Å². The maximum atomic E-state index is 12.7. The van der Waals surface area contributed by atoms with Crippen molar-refractivity contribution in [1.29, 1.82) is 0 Å². The number of unbranched alkanes of at least 4 members (excludes halogenated alkanes) is 8. The average molecular weight is 783 g/mol. The molecule has 4 aromatic rings. The second-order valence-corrected chi connectivity index (χ2v) is 14.5. The smallest absolute Gasteiger partial charge is 0.225 e. The normalized spacial score (nSPS) is 10.5. The van der Waals surface area contributed by atoms with Gasteiger partial charge < -0.3 is 21.3 Å². The molecule has 0 atom stereocenters. The summed E-state index contributed by atoms with van der Waals surface area (Å²) in [5, 5.41) is 13.4. The first-order valence-electron chi connectivity index (χ1n) is 21.0. The van der Waals surface area contributed by atoms with Crippen LogP contribution in [0.1, 0.15) is 153 Å². The standard InChI is InChI=1S/C48H58N6O4/c1-5-9-13-23-44(55)51-40-31-35(32-41(49-40)52-45(56)24-14-10-6-2)27-29-38-21-17-19-37-20-18-22-39(48(37)38)30-28-36-33-42(53-46(57)25-15-11-7-3)50-43(34-36)54-47(58)26-16-12-8-4/h17-22,31-34H,5-16,23-26H2,1-4H3,(H2,49,51,52,55,56)(H2,50,53,54,57,58). The van der Waals surface area contributed by atoms with Crippen LogP contribution in [0.15, 0.2) is 60.7 Å². The molecule has 2 aromatic heterocycles. The Hall–Kier alpha value is -6.00. The highest BCUT2D eigenvalue weighted by atomic mass is 16.2. The number of nitrogens with zero attached hydrogens (tertiary/aromatic N) is 2. The van der Waals surface area contributed by atoms with Crippen LogP contribution in [0.2, 0.25) is 0 Å². The molecule has 0 fully saturated rings. The lowest BCUT2D eigenvalue weighted by Gasteiger charge is -2.10. The van der Waals surface area contributed by atoms with Gasteiger partial charge in [-0.15, -0.1) is 0 Å². The molecule has 0 aliphatic rings. The van der Waals surface area contributed by atoms with Crippen LogP contribution in [-0.2, 0) is 19.2 Å². The van der Waals surface area contributed by atoms with E-state index in [1.807, 2.05) is 36.4 Å². The van der Waals surface area contributed by atoms with Crippen molar-refractivity contribution in [1.82, 2.24) is 9.97 Å². The van der Waals surface area contributed by atoms with Crippen molar-refractivity contribution in [3.63, 3.8) is 0 Å². The average Bonchev–Trinajstić information content (AvgIpc) is 3.19. The molecular weight excluding hydrogens is 725 g/mol. The van der Waals surface area contributed by atoms with Gasteiger partial charge in [-0.2, -0.15) is 0 Å². The number of nitrogens with one attached hydrogen (secondary N) is 4. The van der Waals surface area contributed by atoms with Gasteiger partial charge >= 0.3 is 0 Å². The second-order valence-electron chi connectivity index (χ2n) is 14.5. The molecule has 0 saturated heterocycles. The summed E-state index contributed by atoms with van der Waals surface area (Å²) in [5.41, 5.74) is 2.64. The van der Waals surface area contributed by atoms with Gasteiger partial charge in [0, 0.05) is 53.3 Å². The number of hydrogen-bond donors (Lipinski definition) is 4. The minimum Gasteiger partial charge on any atom is -0.311 e. The summed E-state index contributed by atoms with van der Waals surface area (Å²) in [4.78, 5) is 60.0. The Morgan fingerprint density at radius 1 is 0.448 bits per heavy atom. The highest BCUT2D eigenvalue weighted by Crippen LogP contribution is 2.24. The number of benzene rings is 2. The van der Waals surface area contributed by atoms with Gasteiger partial charge in [-0.25, -0.2) is 9.97 Å². The number of carbonyl (C=O) groups is 4. The third-order valence-corrected chi connectivity index (χ3v) is 9.34. The Balaban J connectivity index is 1.69. The van der Waals surface area contributed by atoms with Crippen LogP contribution in [0, 0.1) is 23.7 Å². The SMILES string of the molecule is CCCCCC(=O)Nc1cc(C#Cc2cccc3cccc(C#Cc4cc(NC(=O)CCCCC)nc(NC(=O)CCCCC)c4)c23)cc(NC(=O)CCCCC)n1. The number of hydrogen-bond acceptors (Lipinski definition) is 6. The Labute approximate surface area is 344 Å². The number of rotatable bonds is 20. The van der Waals surface area contributed by atoms with Crippen LogP contribution in [0.4, 0.5) is 23.3 Å². The molecule has 0 aliphatic carbocycles. The Morgan fingerprint density at radius 2 is 0.759 bits per heavy atom. The Morgan fingerprint density at radius 3 is 1.05 bits per heavy atom. The first kappa shape index (κ1) is 44.7. The summed E-state index contributed by atoms with van der Waals surface area (Å²) in [6, 6.07) is 18.6. The first-order chi connectivity index (χ1) is 28.2. The van der Waals surface area contributed by atoms with E-state index in [0.717, 1.165) is 98.9 Å². The molecule has 10 heteroatoms. The zero-order valence-corrected chi connectivity index (χ0v) is 34.6. The molecule has 304 valence electrons. The van der Waals surface area contributed by atoms with Gasteiger partial charge in [-0.3, -0.25) is 19.2 Å². The molecule has 58 heavy (non-hydrogen) atoms. The zero-order valence-electron chi connectivity index (χ0n) is 34.6. The molecule has 4 N–H and O–H groups in total. The number of anilines is 4. The van der Waals surface area contributed by atoms with Gasteiger partial charge in [0.2, 0.25) is 23.6 Å². The van der Waals surface area contributed by atoms with E-state index in [1.54, 1.807) is 24.3 Å². The van der Waals surface area contributed by atoms with Crippen molar-refractivity contribution in [2.45, 2.75) is 130 Å². The van der Waals surface area contributed by atoms with Crippen molar-refractivity contribution >= 4 is 57.7 Å². The predicted octanol–water partition coefficient (Wildman–Crippen LogP) is 10.5. The molecule has 0 spiro atoms. The van der Waals surface area contributed by atoms with Crippen molar-refractivity contribution in [2.24, 2.45) is 0 Å². The molecule has 0 saturated carbocycles. The van der Waals surface area contributed by atoms with E-state index < -0.39 is 0 Å². The first-order valence-corrected chi connectivity index (χ1v) is 21.0. The molecular formula is C48H58N6O4. The van der Waals surface area contributed by atoms with Gasteiger partial charge in [-0.05, 0) is 67.5 Å². The molecule has 4 amide bonds. The molecule has 2 heterocycles. The number of amides is 4. The molecule has 10 nitrogen and oxygen atoms in total. The van der Waals surface area contributed by atoms with Crippen LogP contribution in [0.3, 0.4) is 0 Å². The summed E-state index contributed by atoms with van der Waals surface area (Å²) in [6.07, 6.45) is 12.5. The van der Waals surface area contributed by atoms with E-state index in [1.165, 1.54) is 0 Å². The monoisotopic (exact) mass is 782 g/mol. The maximum Gasteiger partial charge on any atom is 0.225 e. The fraction of sp³-hybridized carbons (Fsp3) is 0.417. The molecule has 2 aromatic carbocycles. The summed E-state index contributed by atoms with van der Waals surface area (Å²) >= 11 is 0. The van der Waals surface area contributed by atoms with Crippen LogP contribution in [0.5, 0.6) is 0 Å². The van der Waals surface area contributed by atoms with Crippen LogP contribution >= 0.6 is 0 Å². The molecule has 0 bridgehead atoms. The molecule has 4 rings (SSSR count). The van der Waals surface area contributed by atoms with Gasteiger partial charge in [0.25, 0.3) is 0 Å². The van der Waals surface area contributed by atoms with Gasteiger partial charge in [0.05, 0.1) is 0 Å². The molecule has 0 radical (unpaired) electrons. The zero-order chi connectivity index (χ0) is 41.5. The highest BCUT2D eigenvalue weighted by Gasteiger charge is 2.12. The highest BCUT2D eigenvalue weighted by molar-refractivity contribution is 5.95. The third-order valence-electron chi connectivity index (χ3n) is 9.34. The predicted molar refractivity (Wildman–Crippen MR) is 235 cm³/mol. The van der Waals surface area contributed by atoms with Gasteiger partial charge in [0.1, 0.15) is 23.3 Å². The third kappa shape index (κ3) is 15.5. The minimum absolute atomic E-state index is 0.138. The summed E-state index contributed by atoms with van der Waals surface area (Å²) in [5.74, 6) is 13.9. The molecule has 0 unspecified atom stereocenters. The quantitative estimate of drug-likeness (QED) is 0.0519. The fourth-order valence-corrected chi connectivity index (χ4v) is 6.25.